The Morgan fingerprint density at radius 2 is 2.12 bits per heavy atom. The van der Waals surface area contributed by atoms with E-state index in [9.17, 15) is 9.59 Å². The number of ether oxygens (including phenoxy) is 1. The van der Waals surface area contributed by atoms with Gasteiger partial charge in [0.15, 0.2) is 5.78 Å². The molecule has 3 aliphatic rings. The number of hydrogen-bond acceptors (Lipinski definition) is 3. The molecule has 92 valence electrons. The highest BCUT2D eigenvalue weighted by Crippen LogP contribution is 2.53. The molecule has 0 aromatic heterocycles. The predicted octanol–water partition coefficient (Wildman–Crippen LogP) is 2.11. The largest absolute Gasteiger partial charge is 0.460 e. The van der Waals surface area contributed by atoms with E-state index in [2.05, 4.69) is 6.92 Å². The molecule has 0 amide bonds. The van der Waals surface area contributed by atoms with Gasteiger partial charge in [-0.2, -0.15) is 0 Å². The number of hydrogen-bond donors (Lipinski definition) is 0. The van der Waals surface area contributed by atoms with Gasteiger partial charge in [-0.25, -0.2) is 0 Å². The molecule has 2 fully saturated rings. The van der Waals surface area contributed by atoms with Crippen molar-refractivity contribution in [3.63, 3.8) is 0 Å². The topological polar surface area (TPSA) is 43.4 Å². The van der Waals surface area contributed by atoms with Crippen LogP contribution in [-0.2, 0) is 14.3 Å². The molecule has 3 nitrogen and oxygen atoms in total. The summed E-state index contributed by atoms with van der Waals surface area (Å²) < 4.78 is 5.17. The Morgan fingerprint density at radius 3 is 2.88 bits per heavy atom. The number of rotatable bonds is 0. The van der Waals surface area contributed by atoms with E-state index in [0.29, 0.717) is 12.5 Å². The average molecular weight is 234 g/mol. The molecule has 3 rings (SSSR count). The van der Waals surface area contributed by atoms with Crippen molar-refractivity contribution >= 4 is 11.8 Å². The van der Waals surface area contributed by atoms with Crippen LogP contribution < -0.4 is 0 Å². The Bertz CT molecular complexity index is 423. The summed E-state index contributed by atoms with van der Waals surface area (Å²) in [5.74, 6) is 0.892. The van der Waals surface area contributed by atoms with Gasteiger partial charge in [0.05, 0.1) is 5.41 Å². The molecular weight excluding hydrogens is 216 g/mol. The molecule has 1 aliphatic heterocycles. The minimum absolute atomic E-state index is 0.0400. The first-order valence-corrected chi connectivity index (χ1v) is 6.45. The fraction of sp³-hybridized carbons (Fsp3) is 0.714. The van der Waals surface area contributed by atoms with Gasteiger partial charge < -0.3 is 4.74 Å². The van der Waals surface area contributed by atoms with Crippen LogP contribution in [0.4, 0.5) is 0 Å². The van der Waals surface area contributed by atoms with E-state index in [0.717, 1.165) is 24.8 Å². The molecule has 4 atom stereocenters. The molecule has 1 saturated heterocycles. The van der Waals surface area contributed by atoms with Crippen molar-refractivity contribution in [3.05, 3.63) is 11.6 Å². The average Bonchev–Trinajstić information content (AvgIpc) is 2.58. The number of esters is 1. The van der Waals surface area contributed by atoms with Crippen molar-refractivity contribution in [2.75, 3.05) is 6.61 Å². The van der Waals surface area contributed by atoms with E-state index in [4.69, 9.17) is 4.74 Å². The fourth-order valence-corrected chi connectivity index (χ4v) is 3.82. The molecule has 0 aromatic carbocycles. The first kappa shape index (κ1) is 11.0. The molecule has 1 saturated carbocycles. The van der Waals surface area contributed by atoms with Gasteiger partial charge in [-0.15, -0.1) is 0 Å². The molecule has 0 radical (unpaired) electrons. The predicted molar refractivity (Wildman–Crippen MR) is 62.2 cm³/mol. The Labute approximate surface area is 101 Å². The molecule has 0 aromatic rings. The van der Waals surface area contributed by atoms with Crippen molar-refractivity contribution < 1.29 is 14.3 Å². The molecule has 0 bridgehead atoms. The van der Waals surface area contributed by atoms with E-state index in [1.54, 1.807) is 6.08 Å². The van der Waals surface area contributed by atoms with E-state index < -0.39 is 5.41 Å². The second kappa shape index (κ2) is 3.44. The molecule has 0 spiro atoms. The fourth-order valence-electron chi connectivity index (χ4n) is 3.82. The number of cyclic esters (lactones) is 1. The summed E-state index contributed by atoms with van der Waals surface area (Å²) in [5.41, 5.74) is 0.391. The van der Waals surface area contributed by atoms with Gasteiger partial charge in [0, 0.05) is 5.92 Å². The van der Waals surface area contributed by atoms with Crippen molar-refractivity contribution in [3.8, 4) is 0 Å². The van der Waals surface area contributed by atoms with Crippen LogP contribution in [0.1, 0.15) is 33.1 Å². The maximum atomic E-state index is 12.1. The lowest BCUT2D eigenvalue weighted by atomic mass is 9.57. The zero-order valence-electron chi connectivity index (χ0n) is 10.4. The van der Waals surface area contributed by atoms with Crippen LogP contribution in [0.2, 0.25) is 0 Å². The maximum absolute atomic E-state index is 12.1. The summed E-state index contributed by atoms with van der Waals surface area (Å²) in [5, 5.41) is 0. The Kier molecular flexibility index (Phi) is 2.22. The number of allylic oxidation sites excluding steroid dienone is 1. The van der Waals surface area contributed by atoms with Gasteiger partial charge >= 0.3 is 5.97 Å². The van der Waals surface area contributed by atoms with Crippen LogP contribution in [-0.4, -0.2) is 18.4 Å². The number of carbonyl (C=O) groups excluding carboxylic acids is 2. The van der Waals surface area contributed by atoms with E-state index in [1.165, 1.54) is 0 Å². The summed E-state index contributed by atoms with van der Waals surface area (Å²) >= 11 is 0. The second-order valence-electron chi connectivity index (χ2n) is 5.98. The summed E-state index contributed by atoms with van der Waals surface area (Å²) in [4.78, 5) is 24.1. The van der Waals surface area contributed by atoms with Crippen LogP contribution in [0.3, 0.4) is 0 Å². The zero-order chi connectivity index (χ0) is 12.2. The lowest BCUT2D eigenvalue weighted by Crippen LogP contribution is -2.46. The number of carbonyl (C=O) groups is 2. The van der Waals surface area contributed by atoms with Gasteiger partial charge in [0.1, 0.15) is 6.61 Å². The SMILES string of the molecule is C[C@H]1CC[C@H]2[C@H](C1)C(=O)C=C1COC(=O)[C@@]12C. The van der Waals surface area contributed by atoms with E-state index >= 15 is 0 Å². The van der Waals surface area contributed by atoms with E-state index in [-0.39, 0.29) is 23.6 Å². The van der Waals surface area contributed by atoms with Gasteiger partial charge in [0.2, 0.25) is 0 Å². The first-order valence-electron chi connectivity index (χ1n) is 6.45. The third kappa shape index (κ3) is 1.34. The van der Waals surface area contributed by atoms with Crippen LogP contribution in [0, 0.1) is 23.2 Å². The Hall–Kier alpha value is -1.12. The number of fused-ring (bicyclic) bond motifs is 3. The molecule has 17 heavy (non-hydrogen) atoms. The molecule has 2 aliphatic carbocycles. The minimum atomic E-state index is -0.515. The lowest BCUT2D eigenvalue weighted by molar-refractivity contribution is -0.150. The van der Waals surface area contributed by atoms with Gasteiger partial charge in [-0.05, 0) is 43.3 Å². The Morgan fingerprint density at radius 1 is 1.35 bits per heavy atom. The Balaban J connectivity index is 2.05. The minimum Gasteiger partial charge on any atom is -0.460 e. The van der Waals surface area contributed by atoms with Crippen LogP contribution >= 0.6 is 0 Å². The third-order valence-electron chi connectivity index (χ3n) is 4.99. The van der Waals surface area contributed by atoms with Crippen LogP contribution in [0.25, 0.3) is 0 Å². The quantitative estimate of drug-likeness (QED) is 0.603. The van der Waals surface area contributed by atoms with Crippen molar-refractivity contribution in [1.82, 2.24) is 0 Å². The second-order valence-corrected chi connectivity index (χ2v) is 5.98. The highest BCUT2D eigenvalue weighted by molar-refractivity contribution is 5.98. The monoisotopic (exact) mass is 234 g/mol. The summed E-state index contributed by atoms with van der Waals surface area (Å²) in [7, 11) is 0. The van der Waals surface area contributed by atoms with Crippen LogP contribution in [0.15, 0.2) is 11.6 Å². The zero-order valence-corrected chi connectivity index (χ0v) is 10.4. The lowest BCUT2D eigenvalue weighted by Gasteiger charge is -2.44. The molecule has 3 heteroatoms. The highest BCUT2D eigenvalue weighted by atomic mass is 16.5. The molecule has 1 heterocycles. The number of ketones is 1. The highest BCUT2D eigenvalue weighted by Gasteiger charge is 2.57. The summed E-state index contributed by atoms with van der Waals surface area (Å²) in [6.07, 6.45) is 4.70. The van der Waals surface area contributed by atoms with Gasteiger partial charge in [0.25, 0.3) is 0 Å². The van der Waals surface area contributed by atoms with Crippen LogP contribution in [0.5, 0.6) is 0 Å². The molecule has 0 unspecified atom stereocenters. The normalized spacial score (nSPS) is 44.8. The van der Waals surface area contributed by atoms with Crippen molar-refractivity contribution in [1.29, 1.82) is 0 Å². The van der Waals surface area contributed by atoms with Gasteiger partial charge in [-0.3, -0.25) is 9.59 Å². The summed E-state index contributed by atoms with van der Waals surface area (Å²) in [6.45, 7) is 4.48. The summed E-state index contributed by atoms with van der Waals surface area (Å²) in [6, 6.07) is 0. The molecule has 0 N–H and O–H groups in total. The standard InChI is InChI=1S/C14H18O3/c1-8-3-4-11-10(5-8)12(15)6-9-7-17-13(16)14(9,11)2/h6,8,10-11H,3-5,7H2,1-2H3/t8-,10-,11-,14-/m0/s1. The van der Waals surface area contributed by atoms with E-state index in [1.807, 2.05) is 6.92 Å². The third-order valence-corrected chi connectivity index (χ3v) is 4.99. The molecular formula is C14H18O3. The van der Waals surface area contributed by atoms with Gasteiger partial charge in [-0.1, -0.05) is 13.3 Å². The first-order chi connectivity index (χ1) is 8.03. The maximum Gasteiger partial charge on any atom is 0.316 e. The van der Waals surface area contributed by atoms with Crippen molar-refractivity contribution in [2.45, 2.75) is 33.1 Å². The smallest absolute Gasteiger partial charge is 0.316 e. The van der Waals surface area contributed by atoms with Crippen molar-refractivity contribution in [2.24, 2.45) is 23.2 Å².